The van der Waals surface area contributed by atoms with Gasteiger partial charge < -0.3 is 10.3 Å². The summed E-state index contributed by atoms with van der Waals surface area (Å²) < 4.78 is 32.7. The quantitative estimate of drug-likeness (QED) is 0.851. The first-order chi connectivity index (χ1) is 9.67. The van der Waals surface area contributed by atoms with Crippen molar-refractivity contribution in [2.45, 2.75) is 45.2 Å². The Labute approximate surface area is 125 Å². The Bertz CT molecular complexity index is 590. The summed E-state index contributed by atoms with van der Waals surface area (Å²) >= 11 is 0. The Morgan fingerprint density at radius 3 is 2.38 bits per heavy atom. The van der Waals surface area contributed by atoms with Gasteiger partial charge in [0, 0.05) is 33.1 Å². The average Bonchev–Trinajstić information content (AvgIpc) is 2.85. The van der Waals surface area contributed by atoms with E-state index in [-0.39, 0.29) is 6.04 Å². The molecular formula is C12H23N5O3S. The number of nitrogens with two attached hydrogens (primary N) is 1. The molecule has 0 bridgehead atoms. The summed E-state index contributed by atoms with van der Waals surface area (Å²) in [6, 6.07) is -0.0839. The first kappa shape index (κ1) is 16.3. The third kappa shape index (κ3) is 3.10. The molecule has 21 heavy (non-hydrogen) atoms. The molecule has 2 N–H and O–H groups in total. The summed E-state index contributed by atoms with van der Waals surface area (Å²) in [7, 11) is -1.85. The molecule has 1 aliphatic heterocycles. The van der Waals surface area contributed by atoms with Gasteiger partial charge >= 0.3 is 0 Å². The second kappa shape index (κ2) is 5.64. The molecule has 0 spiro atoms. The molecule has 0 aliphatic carbocycles. The minimum Gasteiger partial charge on any atom is -0.340 e. The third-order valence-corrected chi connectivity index (χ3v) is 6.17. The van der Waals surface area contributed by atoms with Crippen LogP contribution in [0.2, 0.25) is 0 Å². The summed E-state index contributed by atoms with van der Waals surface area (Å²) in [5, 5.41) is 3.87. The van der Waals surface area contributed by atoms with Crippen molar-refractivity contribution in [3.05, 3.63) is 11.7 Å². The molecule has 0 amide bonds. The lowest BCUT2D eigenvalue weighted by atomic mass is 9.89. The predicted molar refractivity (Wildman–Crippen MR) is 77.5 cm³/mol. The van der Waals surface area contributed by atoms with Gasteiger partial charge in [0.2, 0.25) is 5.89 Å². The molecule has 1 aromatic rings. The van der Waals surface area contributed by atoms with Gasteiger partial charge in [-0.25, -0.2) is 0 Å². The predicted octanol–water partition coefficient (Wildman–Crippen LogP) is 0.213. The van der Waals surface area contributed by atoms with E-state index < -0.39 is 15.7 Å². The van der Waals surface area contributed by atoms with Gasteiger partial charge in [0.05, 0.1) is 5.54 Å². The second-order valence-corrected chi connectivity index (χ2v) is 7.80. The summed E-state index contributed by atoms with van der Waals surface area (Å²) in [4.78, 5) is 4.18. The van der Waals surface area contributed by atoms with E-state index in [2.05, 4.69) is 10.1 Å². The molecule has 0 saturated carbocycles. The van der Waals surface area contributed by atoms with E-state index in [4.69, 9.17) is 10.3 Å². The standard InChI is InChI=1S/C12H23N5O3S/c1-9(2)16(4)21(18,19)17-7-5-12(13,6-8-17)11-14-10(3)20-15-11/h9H,5-8,13H2,1-4H3. The fraction of sp³-hybridized carbons (Fsp3) is 0.833. The normalized spacial score (nSPS) is 20.3. The lowest BCUT2D eigenvalue weighted by Gasteiger charge is -2.38. The number of aryl methyl sites for hydroxylation is 1. The van der Waals surface area contributed by atoms with Crippen molar-refractivity contribution >= 4 is 10.2 Å². The molecule has 8 nitrogen and oxygen atoms in total. The van der Waals surface area contributed by atoms with Gasteiger partial charge in [0.25, 0.3) is 10.2 Å². The first-order valence-corrected chi connectivity index (χ1v) is 8.39. The summed E-state index contributed by atoms with van der Waals surface area (Å²) in [5.41, 5.74) is 5.59. The Kier molecular flexibility index (Phi) is 4.39. The highest BCUT2D eigenvalue weighted by atomic mass is 32.2. The number of aromatic nitrogens is 2. The molecule has 0 aromatic carbocycles. The van der Waals surface area contributed by atoms with Gasteiger partial charge in [-0.05, 0) is 26.7 Å². The molecule has 120 valence electrons. The molecule has 1 saturated heterocycles. The molecule has 0 radical (unpaired) electrons. The van der Waals surface area contributed by atoms with E-state index in [9.17, 15) is 8.42 Å². The molecule has 1 fully saturated rings. The van der Waals surface area contributed by atoms with Crippen LogP contribution in [0.15, 0.2) is 4.52 Å². The average molecular weight is 317 g/mol. The van der Waals surface area contributed by atoms with Gasteiger partial charge in [-0.15, -0.1) is 0 Å². The Hall–Kier alpha value is -1.03. The molecular weight excluding hydrogens is 294 g/mol. The smallest absolute Gasteiger partial charge is 0.281 e. The number of rotatable bonds is 4. The van der Waals surface area contributed by atoms with Crippen LogP contribution in [0.1, 0.15) is 38.4 Å². The van der Waals surface area contributed by atoms with Gasteiger partial charge in [-0.1, -0.05) is 5.16 Å². The van der Waals surface area contributed by atoms with Crippen molar-refractivity contribution in [2.75, 3.05) is 20.1 Å². The van der Waals surface area contributed by atoms with Crippen LogP contribution in [0.3, 0.4) is 0 Å². The van der Waals surface area contributed by atoms with E-state index in [1.54, 1.807) is 14.0 Å². The SMILES string of the molecule is Cc1nc(C2(N)CCN(S(=O)(=O)N(C)C(C)C)CC2)no1. The highest BCUT2D eigenvalue weighted by Crippen LogP contribution is 2.30. The van der Waals surface area contributed by atoms with Crippen molar-refractivity contribution in [3.8, 4) is 0 Å². The van der Waals surface area contributed by atoms with Crippen molar-refractivity contribution < 1.29 is 12.9 Å². The number of hydrogen-bond acceptors (Lipinski definition) is 6. The van der Waals surface area contributed by atoms with Crippen LogP contribution >= 0.6 is 0 Å². The highest BCUT2D eigenvalue weighted by molar-refractivity contribution is 7.86. The maximum Gasteiger partial charge on any atom is 0.281 e. The van der Waals surface area contributed by atoms with Crippen LogP contribution in [-0.4, -0.2) is 53.3 Å². The van der Waals surface area contributed by atoms with Crippen LogP contribution in [0, 0.1) is 6.92 Å². The fourth-order valence-electron chi connectivity index (χ4n) is 2.29. The Morgan fingerprint density at radius 1 is 1.38 bits per heavy atom. The zero-order valence-electron chi connectivity index (χ0n) is 12.9. The molecule has 0 atom stereocenters. The van der Waals surface area contributed by atoms with Crippen molar-refractivity contribution in [2.24, 2.45) is 5.73 Å². The van der Waals surface area contributed by atoms with Crippen LogP contribution in [-0.2, 0) is 15.7 Å². The molecule has 9 heteroatoms. The fourth-order valence-corrected chi connectivity index (χ4v) is 3.83. The van der Waals surface area contributed by atoms with Crippen molar-refractivity contribution in [1.82, 2.24) is 18.8 Å². The van der Waals surface area contributed by atoms with E-state index >= 15 is 0 Å². The topological polar surface area (TPSA) is 106 Å². The van der Waals surface area contributed by atoms with Crippen LogP contribution < -0.4 is 5.73 Å². The Balaban J connectivity index is 2.10. The minimum absolute atomic E-state index is 0.0839. The second-order valence-electron chi connectivity index (χ2n) is 5.81. The molecule has 1 aromatic heterocycles. The van der Waals surface area contributed by atoms with Crippen LogP contribution in [0.5, 0.6) is 0 Å². The molecule has 2 rings (SSSR count). The van der Waals surface area contributed by atoms with Gasteiger partial charge in [-0.2, -0.15) is 22.0 Å². The van der Waals surface area contributed by atoms with Crippen LogP contribution in [0.25, 0.3) is 0 Å². The highest BCUT2D eigenvalue weighted by Gasteiger charge is 2.40. The Morgan fingerprint density at radius 2 is 1.95 bits per heavy atom. The number of piperidine rings is 1. The summed E-state index contributed by atoms with van der Waals surface area (Å²) in [5.74, 6) is 0.915. The summed E-state index contributed by atoms with van der Waals surface area (Å²) in [6.07, 6.45) is 0.939. The third-order valence-electron chi connectivity index (χ3n) is 4.00. The van der Waals surface area contributed by atoms with E-state index in [0.29, 0.717) is 37.6 Å². The van der Waals surface area contributed by atoms with Gasteiger partial charge in [0.1, 0.15) is 0 Å². The van der Waals surface area contributed by atoms with Crippen LogP contribution in [0.4, 0.5) is 0 Å². The minimum atomic E-state index is -3.44. The number of nitrogens with zero attached hydrogens (tertiary/aromatic N) is 4. The molecule has 1 aliphatic rings. The summed E-state index contributed by atoms with van der Waals surface area (Å²) in [6.45, 7) is 6.09. The number of hydrogen-bond donors (Lipinski definition) is 1. The lowest BCUT2D eigenvalue weighted by molar-refractivity contribution is 0.211. The van der Waals surface area contributed by atoms with Gasteiger partial charge in [-0.3, -0.25) is 0 Å². The monoisotopic (exact) mass is 317 g/mol. The lowest BCUT2D eigenvalue weighted by Crippen LogP contribution is -2.53. The molecule has 0 unspecified atom stereocenters. The first-order valence-electron chi connectivity index (χ1n) is 6.99. The van der Waals surface area contributed by atoms with E-state index in [0.717, 1.165) is 0 Å². The van der Waals surface area contributed by atoms with Gasteiger partial charge in [0.15, 0.2) is 5.82 Å². The zero-order valence-corrected chi connectivity index (χ0v) is 13.7. The van der Waals surface area contributed by atoms with Crippen molar-refractivity contribution in [3.63, 3.8) is 0 Å². The maximum absolute atomic E-state index is 12.4. The zero-order chi connectivity index (χ0) is 15.8. The maximum atomic E-state index is 12.4. The van der Waals surface area contributed by atoms with Crippen molar-refractivity contribution in [1.29, 1.82) is 0 Å². The largest absolute Gasteiger partial charge is 0.340 e. The molecule has 2 heterocycles. The van der Waals surface area contributed by atoms with E-state index in [1.807, 2.05) is 13.8 Å². The van der Waals surface area contributed by atoms with E-state index in [1.165, 1.54) is 8.61 Å².